The van der Waals surface area contributed by atoms with Crippen LogP contribution in [0.3, 0.4) is 0 Å². The zero-order valence-corrected chi connectivity index (χ0v) is 10.2. The van der Waals surface area contributed by atoms with Crippen LogP contribution < -0.4 is 4.74 Å². The van der Waals surface area contributed by atoms with Crippen molar-refractivity contribution in [3.8, 4) is 17.1 Å². The zero-order valence-electron chi connectivity index (χ0n) is 10.2. The zero-order chi connectivity index (χ0) is 12.1. The van der Waals surface area contributed by atoms with E-state index in [1.807, 2.05) is 44.6 Å². The number of hydrogen-bond acceptors (Lipinski definition) is 3. The number of rotatable bonds is 5. The second-order valence-electron chi connectivity index (χ2n) is 4.11. The fraction of sp³-hybridized carbons (Fsp3) is 0.308. The molecule has 17 heavy (non-hydrogen) atoms. The fourth-order valence-corrected chi connectivity index (χ4v) is 1.48. The van der Waals surface area contributed by atoms with Crippen molar-refractivity contribution in [2.75, 3.05) is 27.2 Å². The van der Waals surface area contributed by atoms with Gasteiger partial charge in [-0.15, -0.1) is 0 Å². The van der Waals surface area contributed by atoms with Crippen molar-refractivity contribution in [1.82, 2.24) is 14.9 Å². The van der Waals surface area contributed by atoms with Gasteiger partial charge in [-0.1, -0.05) is 0 Å². The van der Waals surface area contributed by atoms with E-state index in [-0.39, 0.29) is 0 Å². The van der Waals surface area contributed by atoms with Crippen LogP contribution in [0, 0.1) is 0 Å². The summed E-state index contributed by atoms with van der Waals surface area (Å²) in [5.41, 5.74) is 1.06. The van der Waals surface area contributed by atoms with E-state index in [2.05, 4.69) is 14.9 Å². The minimum Gasteiger partial charge on any atom is -0.492 e. The molecular weight excluding hydrogens is 214 g/mol. The Kier molecular flexibility index (Phi) is 3.77. The molecule has 0 radical (unpaired) electrons. The molecule has 4 nitrogen and oxygen atoms in total. The molecule has 0 aliphatic rings. The number of aromatic nitrogens is 2. The molecular formula is C13H17N3O. The maximum Gasteiger partial charge on any atom is 0.137 e. The summed E-state index contributed by atoms with van der Waals surface area (Å²) < 4.78 is 5.62. The van der Waals surface area contributed by atoms with Crippen LogP contribution in [-0.4, -0.2) is 42.1 Å². The van der Waals surface area contributed by atoms with Crippen LogP contribution in [0.25, 0.3) is 11.4 Å². The number of benzene rings is 1. The lowest BCUT2D eigenvalue weighted by Crippen LogP contribution is -2.19. The Balaban J connectivity index is 1.94. The molecule has 1 aromatic carbocycles. The summed E-state index contributed by atoms with van der Waals surface area (Å²) in [7, 11) is 4.06. The molecule has 0 aliphatic heterocycles. The summed E-state index contributed by atoms with van der Waals surface area (Å²) in [6.07, 6.45) is 3.56. The fourth-order valence-electron chi connectivity index (χ4n) is 1.48. The number of hydrogen-bond donors (Lipinski definition) is 1. The highest BCUT2D eigenvalue weighted by molar-refractivity contribution is 5.55. The smallest absolute Gasteiger partial charge is 0.137 e. The van der Waals surface area contributed by atoms with Gasteiger partial charge in [0.05, 0.1) is 0 Å². The van der Waals surface area contributed by atoms with Gasteiger partial charge < -0.3 is 14.6 Å². The molecule has 0 aliphatic carbocycles. The molecule has 4 heteroatoms. The molecule has 0 atom stereocenters. The van der Waals surface area contributed by atoms with E-state index in [0.29, 0.717) is 6.61 Å². The molecule has 0 saturated heterocycles. The predicted octanol–water partition coefficient (Wildman–Crippen LogP) is 2.02. The molecule has 1 N–H and O–H groups in total. The molecule has 0 saturated carbocycles. The van der Waals surface area contributed by atoms with Crippen molar-refractivity contribution in [3.63, 3.8) is 0 Å². The van der Waals surface area contributed by atoms with Crippen LogP contribution in [0.5, 0.6) is 5.75 Å². The van der Waals surface area contributed by atoms with E-state index in [4.69, 9.17) is 4.74 Å². The first-order chi connectivity index (χ1) is 8.25. The monoisotopic (exact) mass is 231 g/mol. The van der Waals surface area contributed by atoms with Gasteiger partial charge in [0.15, 0.2) is 0 Å². The van der Waals surface area contributed by atoms with Gasteiger partial charge in [-0.2, -0.15) is 0 Å². The Labute approximate surface area is 101 Å². The molecule has 1 heterocycles. The highest BCUT2D eigenvalue weighted by atomic mass is 16.5. The van der Waals surface area contributed by atoms with Gasteiger partial charge in [-0.05, 0) is 38.4 Å². The number of nitrogens with one attached hydrogen (secondary N) is 1. The van der Waals surface area contributed by atoms with Crippen LogP contribution in [0.15, 0.2) is 36.7 Å². The van der Waals surface area contributed by atoms with Crippen molar-refractivity contribution >= 4 is 0 Å². The SMILES string of the molecule is CN(C)CCOc1ccc(-c2ncc[nH]2)cc1. The Morgan fingerprint density at radius 1 is 1.24 bits per heavy atom. The van der Waals surface area contributed by atoms with Gasteiger partial charge in [-0.25, -0.2) is 4.98 Å². The van der Waals surface area contributed by atoms with Crippen molar-refractivity contribution in [2.24, 2.45) is 0 Å². The normalized spacial score (nSPS) is 10.8. The Hall–Kier alpha value is -1.81. The van der Waals surface area contributed by atoms with Gasteiger partial charge in [-0.3, -0.25) is 0 Å². The number of imidazole rings is 1. The first-order valence-corrected chi connectivity index (χ1v) is 5.63. The first kappa shape index (κ1) is 11.7. The lowest BCUT2D eigenvalue weighted by atomic mass is 10.2. The van der Waals surface area contributed by atoms with E-state index in [9.17, 15) is 0 Å². The van der Waals surface area contributed by atoms with Crippen LogP contribution in [-0.2, 0) is 0 Å². The molecule has 2 rings (SSSR count). The topological polar surface area (TPSA) is 41.1 Å². The van der Waals surface area contributed by atoms with Crippen molar-refractivity contribution < 1.29 is 4.74 Å². The molecule has 90 valence electrons. The Morgan fingerprint density at radius 2 is 2.00 bits per heavy atom. The number of ether oxygens (including phenoxy) is 1. The molecule has 0 spiro atoms. The van der Waals surface area contributed by atoms with Crippen molar-refractivity contribution in [1.29, 1.82) is 0 Å². The van der Waals surface area contributed by atoms with Gasteiger partial charge in [0.1, 0.15) is 18.2 Å². The van der Waals surface area contributed by atoms with Crippen LogP contribution >= 0.6 is 0 Å². The van der Waals surface area contributed by atoms with E-state index < -0.39 is 0 Å². The summed E-state index contributed by atoms with van der Waals surface area (Å²) in [6.45, 7) is 1.62. The first-order valence-electron chi connectivity index (χ1n) is 5.63. The minimum absolute atomic E-state index is 0.701. The van der Waals surface area contributed by atoms with E-state index in [1.54, 1.807) is 6.20 Å². The molecule has 1 aromatic heterocycles. The average molecular weight is 231 g/mol. The Bertz CT molecular complexity index is 434. The molecule has 0 fully saturated rings. The van der Waals surface area contributed by atoms with Crippen LogP contribution in [0.2, 0.25) is 0 Å². The molecule has 0 unspecified atom stereocenters. The third kappa shape index (κ3) is 3.32. The average Bonchev–Trinajstić information content (AvgIpc) is 2.83. The van der Waals surface area contributed by atoms with Crippen molar-refractivity contribution in [3.05, 3.63) is 36.7 Å². The van der Waals surface area contributed by atoms with E-state index >= 15 is 0 Å². The summed E-state index contributed by atoms with van der Waals surface area (Å²) in [5.74, 6) is 1.77. The van der Waals surface area contributed by atoms with Gasteiger partial charge in [0.25, 0.3) is 0 Å². The standard InChI is InChI=1S/C13H17N3O/c1-16(2)9-10-17-12-5-3-11(4-6-12)13-14-7-8-15-13/h3-8H,9-10H2,1-2H3,(H,14,15). The molecule has 2 aromatic rings. The van der Waals surface area contributed by atoms with Gasteiger partial charge >= 0.3 is 0 Å². The van der Waals surface area contributed by atoms with Crippen LogP contribution in [0.1, 0.15) is 0 Å². The number of aromatic amines is 1. The highest BCUT2D eigenvalue weighted by Crippen LogP contribution is 2.18. The van der Waals surface area contributed by atoms with Gasteiger partial charge in [0.2, 0.25) is 0 Å². The quantitative estimate of drug-likeness (QED) is 0.856. The maximum atomic E-state index is 5.62. The maximum absolute atomic E-state index is 5.62. The summed E-state index contributed by atoms with van der Waals surface area (Å²) >= 11 is 0. The predicted molar refractivity (Wildman–Crippen MR) is 68.1 cm³/mol. The van der Waals surface area contributed by atoms with Gasteiger partial charge in [0, 0.05) is 24.5 Å². The minimum atomic E-state index is 0.701. The third-order valence-corrected chi connectivity index (χ3v) is 2.43. The number of nitrogens with zero attached hydrogens (tertiary/aromatic N) is 2. The highest BCUT2D eigenvalue weighted by Gasteiger charge is 2.00. The van der Waals surface area contributed by atoms with E-state index in [0.717, 1.165) is 23.7 Å². The third-order valence-electron chi connectivity index (χ3n) is 2.43. The van der Waals surface area contributed by atoms with Crippen molar-refractivity contribution in [2.45, 2.75) is 0 Å². The lowest BCUT2D eigenvalue weighted by molar-refractivity contribution is 0.261. The number of H-pyrrole nitrogens is 1. The lowest BCUT2D eigenvalue weighted by Gasteiger charge is -2.11. The second kappa shape index (κ2) is 5.50. The molecule has 0 amide bonds. The Morgan fingerprint density at radius 3 is 2.59 bits per heavy atom. The molecule has 0 bridgehead atoms. The summed E-state index contributed by atoms with van der Waals surface area (Å²) in [5, 5.41) is 0. The summed E-state index contributed by atoms with van der Waals surface area (Å²) in [4.78, 5) is 9.37. The number of likely N-dealkylation sites (N-methyl/N-ethyl adjacent to an activating group) is 1. The van der Waals surface area contributed by atoms with E-state index in [1.165, 1.54) is 0 Å². The van der Waals surface area contributed by atoms with Crippen LogP contribution in [0.4, 0.5) is 0 Å². The summed E-state index contributed by atoms with van der Waals surface area (Å²) in [6, 6.07) is 7.94. The second-order valence-corrected chi connectivity index (χ2v) is 4.11. The largest absolute Gasteiger partial charge is 0.492 e.